The van der Waals surface area contributed by atoms with E-state index in [4.69, 9.17) is 31.2 Å². The van der Waals surface area contributed by atoms with Crippen molar-refractivity contribution >= 4 is 35.2 Å². The van der Waals surface area contributed by atoms with Crippen LogP contribution in [0.3, 0.4) is 0 Å². The minimum atomic E-state index is -0.497. The van der Waals surface area contributed by atoms with Crippen LogP contribution >= 0.6 is 12.2 Å². The maximum Gasteiger partial charge on any atom is 0.276 e. The molecule has 31 heavy (non-hydrogen) atoms. The summed E-state index contributed by atoms with van der Waals surface area (Å²) in [6.07, 6.45) is 2.88. The van der Waals surface area contributed by atoms with E-state index >= 15 is 0 Å². The highest BCUT2D eigenvalue weighted by Gasteiger charge is 2.08. The molecule has 3 N–H and O–H groups in total. The number of hydrogen-bond donors (Lipinski definition) is 3. The van der Waals surface area contributed by atoms with E-state index < -0.39 is 11.8 Å². The van der Waals surface area contributed by atoms with Crippen molar-refractivity contribution in [1.29, 1.82) is 0 Å². The van der Waals surface area contributed by atoms with Crippen molar-refractivity contribution < 1.29 is 28.5 Å². The number of hydrogen-bond acceptors (Lipinski definition) is 7. The number of methoxy groups -OCH3 is 3. The van der Waals surface area contributed by atoms with Gasteiger partial charge in [0.15, 0.2) is 34.7 Å². The molecule has 0 saturated carbocycles. The second-order valence-corrected chi connectivity index (χ2v) is 6.29. The molecule has 2 rings (SSSR count). The number of benzene rings is 2. The fourth-order valence-electron chi connectivity index (χ4n) is 2.36. The number of hydrazine groups is 1. The first kappa shape index (κ1) is 23.5. The van der Waals surface area contributed by atoms with E-state index in [9.17, 15) is 9.59 Å². The standard InChI is InChI=1S/C21H23N3O6S/c1-27-15-6-4-5-7-17(15)30-13-20(26)23-24-21(31)22-19(25)11-9-14-8-10-16(28-2)18(12-14)29-3/h4-12H,13H2,1-3H3,(H,23,26)(H2,22,24,25,31)/b11-9+. The van der Waals surface area contributed by atoms with Crippen LogP contribution in [0.25, 0.3) is 6.08 Å². The number of carbonyl (C=O) groups is 2. The van der Waals surface area contributed by atoms with Crippen LogP contribution in [-0.4, -0.2) is 44.9 Å². The number of para-hydroxylation sites is 2. The Morgan fingerprint density at radius 3 is 2.23 bits per heavy atom. The molecule has 0 radical (unpaired) electrons. The molecule has 0 unspecified atom stereocenters. The number of amides is 2. The molecule has 0 aliphatic heterocycles. The highest BCUT2D eigenvalue weighted by atomic mass is 32.1. The molecular formula is C21H23N3O6S. The van der Waals surface area contributed by atoms with Crippen LogP contribution in [-0.2, 0) is 9.59 Å². The van der Waals surface area contributed by atoms with Gasteiger partial charge < -0.3 is 18.9 Å². The summed E-state index contributed by atoms with van der Waals surface area (Å²) in [5, 5.41) is 2.34. The highest BCUT2D eigenvalue weighted by molar-refractivity contribution is 7.80. The van der Waals surface area contributed by atoms with Gasteiger partial charge in [0, 0.05) is 6.08 Å². The molecule has 0 fully saturated rings. The molecule has 0 aliphatic carbocycles. The Labute approximate surface area is 185 Å². The van der Waals surface area contributed by atoms with E-state index in [1.807, 2.05) is 0 Å². The number of nitrogens with one attached hydrogen (secondary N) is 3. The summed E-state index contributed by atoms with van der Waals surface area (Å²) in [5.74, 6) is 1.08. The summed E-state index contributed by atoms with van der Waals surface area (Å²) >= 11 is 4.98. The quantitative estimate of drug-likeness (QED) is 0.321. The number of thiocarbonyl (C=S) groups is 1. The van der Waals surface area contributed by atoms with Gasteiger partial charge in [-0.1, -0.05) is 18.2 Å². The Bertz CT molecular complexity index is 964. The van der Waals surface area contributed by atoms with E-state index in [1.54, 1.807) is 48.5 Å². The molecule has 0 spiro atoms. The van der Waals surface area contributed by atoms with Crippen molar-refractivity contribution in [3.63, 3.8) is 0 Å². The van der Waals surface area contributed by atoms with Crippen molar-refractivity contribution in [2.24, 2.45) is 0 Å². The zero-order valence-electron chi connectivity index (χ0n) is 17.3. The highest BCUT2D eigenvalue weighted by Crippen LogP contribution is 2.28. The molecule has 10 heteroatoms. The molecule has 9 nitrogen and oxygen atoms in total. The van der Waals surface area contributed by atoms with Gasteiger partial charge in [0.25, 0.3) is 5.91 Å². The van der Waals surface area contributed by atoms with Crippen LogP contribution in [0.15, 0.2) is 48.5 Å². The lowest BCUT2D eigenvalue weighted by molar-refractivity contribution is -0.123. The minimum Gasteiger partial charge on any atom is -0.493 e. The molecule has 0 aliphatic rings. The Morgan fingerprint density at radius 1 is 0.903 bits per heavy atom. The van der Waals surface area contributed by atoms with Gasteiger partial charge in [-0.25, -0.2) is 0 Å². The second-order valence-electron chi connectivity index (χ2n) is 5.88. The summed E-state index contributed by atoms with van der Waals surface area (Å²) in [6, 6.07) is 12.2. The van der Waals surface area contributed by atoms with Crippen molar-refractivity contribution in [2.75, 3.05) is 27.9 Å². The van der Waals surface area contributed by atoms with E-state index in [0.717, 1.165) is 5.56 Å². The number of ether oxygens (including phenoxy) is 4. The average molecular weight is 445 g/mol. The van der Waals surface area contributed by atoms with Crippen molar-refractivity contribution in [2.45, 2.75) is 0 Å². The third kappa shape index (κ3) is 7.52. The fourth-order valence-corrected chi connectivity index (χ4v) is 2.51. The first-order chi connectivity index (χ1) is 15.0. The molecule has 2 aromatic rings. The van der Waals surface area contributed by atoms with Gasteiger partial charge in [-0.05, 0) is 48.1 Å². The predicted molar refractivity (Wildman–Crippen MR) is 119 cm³/mol. The second kappa shape index (κ2) is 12.0. The van der Waals surface area contributed by atoms with Gasteiger partial charge in [0.2, 0.25) is 5.91 Å². The topological polar surface area (TPSA) is 107 Å². The van der Waals surface area contributed by atoms with E-state index in [2.05, 4.69) is 16.2 Å². The van der Waals surface area contributed by atoms with E-state index in [0.29, 0.717) is 23.0 Å². The summed E-state index contributed by atoms with van der Waals surface area (Å²) in [7, 11) is 4.57. The van der Waals surface area contributed by atoms with Crippen molar-refractivity contribution in [3.05, 3.63) is 54.1 Å². The Balaban J connectivity index is 1.77. The van der Waals surface area contributed by atoms with Crippen LogP contribution < -0.4 is 35.1 Å². The molecule has 0 saturated heterocycles. The zero-order valence-corrected chi connectivity index (χ0v) is 18.1. The Kier molecular flexibility index (Phi) is 9.12. The molecule has 0 atom stereocenters. The first-order valence-corrected chi connectivity index (χ1v) is 9.43. The van der Waals surface area contributed by atoms with Crippen LogP contribution in [0.4, 0.5) is 0 Å². The van der Waals surface area contributed by atoms with Crippen LogP contribution in [0.2, 0.25) is 0 Å². The third-order valence-electron chi connectivity index (χ3n) is 3.81. The maximum atomic E-state index is 12.0. The van der Waals surface area contributed by atoms with Crippen molar-refractivity contribution in [1.82, 2.24) is 16.2 Å². The summed E-state index contributed by atoms with van der Waals surface area (Å²) < 4.78 is 20.9. The smallest absolute Gasteiger partial charge is 0.276 e. The lowest BCUT2D eigenvalue weighted by Crippen LogP contribution is -2.49. The van der Waals surface area contributed by atoms with E-state index in [1.165, 1.54) is 27.4 Å². The van der Waals surface area contributed by atoms with E-state index in [-0.39, 0.29) is 11.7 Å². The number of carbonyl (C=O) groups excluding carboxylic acids is 2. The third-order valence-corrected chi connectivity index (χ3v) is 4.02. The molecule has 2 aromatic carbocycles. The molecular weight excluding hydrogens is 422 g/mol. The van der Waals surface area contributed by atoms with Crippen LogP contribution in [0.1, 0.15) is 5.56 Å². The largest absolute Gasteiger partial charge is 0.493 e. The molecule has 0 bridgehead atoms. The van der Waals surface area contributed by atoms with Gasteiger partial charge >= 0.3 is 0 Å². The average Bonchev–Trinajstić information content (AvgIpc) is 2.79. The molecule has 2 amide bonds. The molecule has 164 valence electrons. The number of rotatable bonds is 8. The van der Waals surface area contributed by atoms with Gasteiger partial charge in [0.05, 0.1) is 21.3 Å². The summed E-state index contributed by atoms with van der Waals surface area (Å²) in [4.78, 5) is 23.9. The predicted octanol–water partition coefficient (Wildman–Crippen LogP) is 1.83. The summed E-state index contributed by atoms with van der Waals surface area (Å²) in [6.45, 7) is -0.275. The molecule has 0 heterocycles. The maximum absolute atomic E-state index is 12.0. The minimum absolute atomic E-state index is 0.0763. The normalized spacial score (nSPS) is 10.2. The van der Waals surface area contributed by atoms with Gasteiger partial charge in [0.1, 0.15) is 0 Å². The van der Waals surface area contributed by atoms with Crippen LogP contribution in [0.5, 0.6) is 23.0 Å². The summed E-state index contributed by atoms with van der Waals surface area (Å²) in [5.41, 5.74) is 5.49. The zero-order chi connectivity index (χ0) is 22.6. The van der Waals surface area contributed by atoms with Gasteiger partial charge in [-0.15, -0.1) is 0 Å². The molecule has 0 aromatic heterocycles. The lowest BCUT2D eigenvalue weighted by atomic mass is 10.2. The first-order valence-electron chi connectivity index (χ1n) is 9.02. The van der Waals surface area contributed by atoms with Gasteiger partial charge in [-0.2, -0.15) is 0 Å². The lowest BCUT2D eigenvalue weighted by Gasteiger charge is -2.12. The van der Waals surface area contributed by atoms with Crippen LogP contribution in [0, 0.1) is 0 Å². The van der Waals surface area contributed by atoms with Crippen molar-refractivity contribution in [3.8, 4) is 23.0 Å². The monoisotopic (exact) mass is 445 g/mol. The SMILES string of the molecule is COc1ccc(/C=C/C(=O)NC(=S)NNC(=O)COc2ccccc2OC)cc1OC. The van der Waals surface area contributed by atoms with Gasteiger partial charge in [-0.3, -0.25) is 25.8 Å². The Morgan fingerprint density at radius 2 is 1.55 bits per heavy atom. The fraction of sp³-hybridized carbons (Fsp3) is 0.190. The Hall–Kier alpha value is -3.79.